The van der Waals surface area contributed by atoms with Gasteiger partial charge in [0.15, 0.2) is 5.58 Å². The van der Waals surface area contributed by atoms with Crippen LogP contribution in [0.15, 0.2) is 27.4 Å². The number of aliphatic hydroxyl groups excluding tert-OH is 1. The smallest absolute Gasteiger partial charge is 0.408 e. The first kappa shape index (κ1) is 10.8. The molecule has 1 aromatic heterocycles. The molecule has 0 spiro atoms. The van der Waals surface area contributed by atoms with E-state index in [0.29, 0.717) is 23.3 Å². The van der Waals surface area contributed by atoms with E-state index in [1.54, 1.807) is 18.2 Å². The van der Waals surface area contributed by atoms with E-state index in [0.717, 1.165) is 0 Å². The largest absolute Gasteiger partial charge is 0.419 e. The fraction of sp³-hybridized carbons (Fsp3) is 0.364. The third kappa shape index (κ3) is 1.81. The number of nitrogens with zero attached hydrogens (tertiary/aromatic N) is 1. The number of nitrogen functional groups attached to an aromatic ring is 1. The Labute approximate surface area is 92.1 Å². The second kappa shape index (κ2) is 4.02. The fourth-order valence-electron chi connectivity index (χ4n) is 1.62. The molecule has 86 valence electrons. The highest BCUT2D eigenvalue weighted by molar-refractivity contribution is 5.76. The standard InChI is InChI=1S/C11H14N2O3/c1-7(6-14)5-13-9-4-8(12)2-3-10(9)16-11(13)15/h2-4,7,14H,5-6,12H2,1H3. The third-order valence-corrected chi connectivity index (χ3v) is 2.50. The maximum absolute atomic E-state index is 11.6. The van der Waals surface area contributed by atoms with Crippen LogP contribution < -0.4 is 11.5 Å². The molecule has 0 saturated carbocycles. The van der Waals surface area contributed by atoms with Gasteiger partial charge in [-0.2, -0.15) is 0 Å². The first-order valence-electron chi connectivity index (χ1n) is 5.11. The number of hydrogen-bond donors (Lipinski definition) is 2. The molecule has 5 heteroatoms. The van der Waals surface area contributed by atoms with Crippen molar-refractivity contribution >= 4 is 16.8 Å². The molecule has 0 radical (unpaired) electrons. The minimum absolute atomic E-state index is 0.0000642. The number of benzene rings is 1. The van der Waals surface area contributed by atoms with Crippen molar-refractivity contribution in [2.45, 2.75) is 13.5 Å². The van der Waals surface area contributed by atoms with Crippen LogP contribution in [0.1, 0.15) is 6.92 Å². The van der Waals surface area contributed by atoms with Gasteiger partial charge in [0.2, 0.25) is 0 Å². The zero-order chi connectivity index (χ0) is 11.7. The van der Waals surface area contributed by atoms with Gasteiger partial charge in [0.1, 0.15) is 0 Å². The Balaban J connectivity index is 2.54. The number of anilines is 1. The second-order valence-corrected chi connectivity index (χ2v) is 3.99. The molecule has 0 fully saturated rings. The molecule has 16 heavy (non-hydrogen) atoms. The van der Waals surface area contributed by atoms with Crippen LogP contribution in [-0.4, -0.2) is 16.3 Å². The first-order valence-corrected chi connectivity index (χ1v) is 5.11. The van der Waals surface area contributed by atoms with Crippen LogP contribution >= 0.6 is 0 Å². The summed E-state index contributed by atoms with van der Waals surface area (Å²) in [5.41, 5.74) is 7.43. The number of oxazole rings is 1. The normalized spacial score (nSPS) is 13.1. The molecule has 0 bridgehead atoms. The highest BCUT2D eigenvalue weighted by atomic mass is 16.4. The number of fused-ring (bicyclic) bond motifs is 1. The molecule has 0 aliphatic carbocycles. The van der Waals surface area contributed by atoms with E-state index >= 15 is 0 Å². The Hall–Kier alpha value is -1.75. The first-order chi connectivity index (χ1) is 7.61. The van der Waals surface area contributed by atoms with Crippen LogP contribution in [0.4, 0.5) is 5.69 Å². The van der Waals surface area contributed by atoms with Crippen molar-refractivity contribution in [1.29, 1.82) is 0 Å². The summed E-state index contributed by atoms with van der Waals surface area (Å²) >= 11 is 0. The Morgan fingerprint density at radius 2 is 2.31 bits per heavy atom. The molecular formula is C11H14N2O3. The summed E-state index contributed by atoms with van der Waals surface area (Å²) in [6, 6.07) is 5.06. The van der Waals surface area contributed by atoms with Gasteiger partial charge in [0, 0.05) is 18.8 Å². The van der Waals surface area contributed by atoms with Gasteiger partial charge in [-0.15, -0.1) is 0 Å². The molecule has 2 rings (SSSR count). The summed E-state index contributed by atoms with van der Waals surface area (Å²) in [6.07, 6.45) is 0. The second-order valence-electron chi connectivity index (χ2n) is 3.99. The lowest BCUT2D eigenvalue weighted by molar-refractivity contribution is 0.221. The van der Waals surface area contributed by atoms with Crippen LogP contribution in [0, 0.1) is 5.92 Å². The highest BCUT2D eigenvalue weighted by Crippen LogP contribution is 2.17. The van der Waals surface area contributed by atoms with Crippen molar-refractivity contribution in [2.75, 3.05) is 12.3 Å². The molecule has 0 amide bonds. The zero-order valence-corrected chi connectivity index (χ0v) is 9.01. The molecule has 1 heterocycles. The minimum atomic E-state index is -0.416. The molecule has 2 aromatic rings. The van der Waals surface area contributed by atoms with E-state index in [1.165, 1.54) is 4.57 Å². The number of nitrogens with two attached hydrogens (primary N) is 1. The van der Waals surface area contributed by atoms with Crippen molar-refractivity contribution in [3.8, 4) is 0 Å². The Kier molecular flexibility index (Phi) is 2.70. The van der Waals surface area contributed by atoms with Gasteiger partial charge in [-0.3, -0.25) is 4.57 Å². The monoisotopic (exact) mass is 222 g/mol. The number of rotatable bonds is 3. The van der Waals surface area contributed by atoms with Crippen LogP contribution in [0.5, 0.6) is 0 Å². The summed E-state index contributed by atoms with van der Waals surface area (Å²) in [5.74, 6) is -0.416. The zero-order valence-electron chi connectivity index (χ0n) is 9.01. The Bertz CT molecular complexity index is 556. The van der Waals surface area contributed by atoms with Crippen molar-refractivity contribution < 1.29 is 9.52 Å². The Morgan fingerprint density at radius 1 is 1.56 bits per heavy atom. The molecule has 1 unspecified atom stereocenters. The van der Waals surface area contributed by atoms with E-state index in [1.807, 2.05) is 6.92 Å². The topological polar surface area (TPSA) is 81.4 Å². The van der Waals surface area contributed by atoms with Crippen LogP contribution in [0.25, 0.3) is 11.1 Å². The van der Waals surface area contributed by atoms with E-state index < -0.39 is 5.76 Å². The van der Waals surface area contributed by atoms with Gasteiger partial charge in [-0.1, -0.05) is 6.92 Å². The van der Waals surface area contributed by atoms with Crippen LogP contribution in [-0.2, 0) is 6.54 Å². The minimum Gasteiger partial charge on any atom is -0.408 e. The molecule has 1 atom stereocenters. The summed E-state index contributed by atoms with van der Waals surface area (Å²) in [7, 11) is 0. The van der Waals surface area contributed by atoms with Gasteiger partial charge in [-0.25, -0.2) is 4.79 Å². The molecule has 5 nitrogen and oxygen atoms in total. The lowest BCUT2D eigenvalue weighted by Crippen LogP contribution is -2.20. The summed E-state index contributed by atoms with van der Waals surface area (Å²) < 4.78 is 6.56. The lowest BCUT2D eigenvalue weighted by Gasteiger charge is -2.07. The van der Waals surface area contributed by atoms with Gasteiger partial charge in [-0.05, 0) is 24.1 Å². The average Bonchev–Trinajstić information content (AvgIpc) is 2.55. The molecule has 0 saturated heterocycles. The molecule has 1 aromatic carbocycles. The molecule has 3 N–H and O–H groups in total. The average molecular weight is 222 g/mol. The summed E-state index contributed by atoms with van der Waals surface area (Å²) in [6.45, 7) is 2.31. The highest BCUT2D eigenvalue weighted by Gasteiger charge is 2.11. The summed E-state index contributed by atoms with van der Waals surface area (Å²) in [4.78, 5) is 11.6. The molecule has 0 aliphatic rings. The van der Waals surface area contributed by atoms with Crippen molar-refractivity contribution in [2.24, 2.45) is 5.92 Å². The Morgan fingerprint density at radius 3 is 3.00 bits per heavy atom. The van der Waals surface area contributed by atoms with E-state index in [9.17, 15) is 4.79 Å². The van der Waals surface area contributed by atoms with E-state index in [-0.39, 0.29) is 12.5 Å². The van der Waals surface area contributed by atoms with Gasteiger partial charge in [0.25, 0.3) is 0 Å². The van der Waals surface area contributed by atoms with Crippen molar-refractivity contribution in [3.05, 3.63) is 28.7 Å². The van der Waals surface area contributed by atoms with Crippen molar-refractivity contribution in [3.63, 3.8) is 0 Å². The fourth-order valence-corrected chi connectivity index (χ4v) is 1.62. The predicted molar refractivity (Wildman–Crippen MR) is 61.1 cm³/mol. The van der Waals surface area contributed by atoms with Gasteiger partial charge < -0.3 is 15.3 Å². The number of hydrogen-bond acceptors (Lipinski definition) is 4. The predicted octanol–water partition coefficient (Wildman–Crippen LogP) is 0.805. The maximum Gasteiger partial charge on any atom is 0.419 e. The van der Waals surface area contributed by atoms with Crippen LogP contribution in [0.3, 0.4) is 0 Å². The molecule has 0 aliphatic heterocycles. The quantitative estimate of drug-likeness (QED) is 0.753. The number of aliphatic hydroxyl groups is 1. The van der Waals surface area contributed by atoms with Gasteiger partial charge >= 0.3 is 5.76 Å². The lowest BCUT2D eigenvalue weighted by atomic mass is 10.2. The van der Waals surface area contributed by atoms with Crippen molar-refractivity contribution in [1.82, 2.24) is 4.57 Å². The summed E-state index contributed by atoms with van der Waals surface area (Å²) in [5, 5.41) is 8.98. The SMILES string of the molecule is CC(CO)Cn1c(=O)oc2ccc(N)cc21. The third-order valence-electron chi connectivity index (χ3n) is 2.50. The van der Waals surface area contributed by atoms with E-state index in [4.69, 9.17) is 15.3 Å². The number of aromatic nitrogens is 1. The van der Waals surface area contributed by atoms with Crippen LogP contribution in [0.2, 0.25) is 0 Å². The molecular weight excluding hydrogens is 208 g/mol. The van der Waals surface area contributed by atoms with Gasteiger partial charge in [0.05, 0.1) is 5.52 Å². The van der Waals surface area contributed by atoms with E-state index in [2.05, 4.69) is 0 Å². The maximum atomic E-state index is 11.6.